The number of anilines is 1. The van der Waals surface area contributed by atoms with E-state index in [-0.39, 0.29) is 0 Å². The summed E-state index contributed by atoms with van der Waals surface area (Å²) in [4.78, 5) is 4.82. The second-order valence-corrected chi connectivity index (χ2v) is 8.62. The van der Waals surface area contributed by atoms with Gasteiger partial charge < -0.3 is 5.73 Å². The van der Waals surface area contributed by atoms with Gasteiger partial charge in [0, 0.05) is 24.0 Å². The van der Waals surface area contributed by atoms with Crippen LogP contribution in [-0.4, -0.2) is 19.9 Å². The average Bonchev–Trinajstić information content (AvgIpc) is 3.29. The minimum absolute atomic E-state index is 0.319. The van der Waals surface area contributed by atoms with Crippen LogP contribution in [0.1, 0.15) is 10.6 Å². The van der Waals surface area contributed by atoms with Gasteiger partial charge in [0.2, 0.25) is 0 Å². The van der Waals surface area contributed by atoms with Crippen LogP contribution in [0.15, 0.2) is 58.8 Å². The molecule has 2 heterocycles. The summed E-state index contributed by atoms with van der Waals surface area (Å²) in [5.41, 5.74) is 9.29. The predicted molar refractivity (Wildman–Crippen MR) is 100 cm³/mol. The van der Waals surface area contributed by atoms with Gasteiger partial charge in [-0.2, -0.15) is 0 Å². The number of thiazole rings is 1. The summed E-state index contributed by atoms with van der Waals surface area (Å²) in [6.45, 7) is 0.889. The summed E-state index contributed by atoms with van der Waals surface area (Å²) < 4.78 is 27.3. The number of hydrogen-bond acceptors (Lipinski definition) is 5. The van der Waals surface area contributed by atoms with Gasteiger partial charge in [-0.1, -0.05) is 24.3 Å². The summed E-state index contributed by atoms with van der Waals surface area (Å²) in [5, 5.41) is 2.88. The number of rotatable bonds is 4. The Labute approximate surface area is 150 Å². The standard InChI is InChI=1S/C18H17N3O2S2/c19-11-18-20-16(12-24-18)13-6-7-17-14(10-13)8-9-21(17)25(22,23)15-4-2-1-3-5-15/h1-7,10,12H,8-9,11,19H2. The zero-order chi connectivity index (χ0) is 17.4. The van der Waals surface area contributed by atoms with Crippen LogP contribution in [0.2, 0.25) is 0 Å². The first-order valence-electron chi connectivity index (χ1n) is 7.95. The van der Waals surface area contributed by atoms with Crippen molar-refractivity contribution in [3.05, 3.63) is 64.5 Å². The van der Waals surface area contributed by atoms with E-state index in [1.807, 2.05) is 29.6 Å². The highest BCUT2D eigenvalue weighted by molar-refractivity contribution is 7.92. The van der Waals surface area contributed by atoms with Gasteiger partial charge in [0.05, 0.1) is 16.3 Å². The second-order valence-electron chi connectivity index (χ2n) is 5.81. The van der Waals surface area contributed by atoms with Crippen LogP contribution in [-0.2, 0) is 23.0 Å². The summed E-state index contributed by atoms with van der Waals surface area (Å²) >= 11 is 1.54. The van der Waals surface area contributed by atoms with Crippen LogP contribution in [0, 0.1) is 0 Å². The smallest absolute Gasteiger partial charge is 0.264 e. The number of fused-ring (bicyclic) bond motifs is 1. The first kappa shape index (κ1) is 16.3. The molecule has 0 saturated carbocycles. The Bertz CT molecular complexity index is 1010. The van der Waals surface area contributed by atoms with Crippen LogP contribution < -0.4 is 10.0 Å². The minimum atomic E-state index is -3.53. The van der Waals surface area contributed by atoms with Crippen LogP contribution in [0.5, 0.6) is 0 Å². The molecule has 0 amide bonds. The second kappa shape index (κ2) is 6.25. The molecule has 4 rings (SSSR count). The quantitative estimate of drug-likeness (QED) is 0.765. The van der Waals surface area contributed by atoms with Gasteiger partial charge in [0.15, 0.2) is 0 Å². The van der Waals surface area contributed by atoms with Crippen molar-refractivity contribution in [2.24, 2.45) is 5.73 Å². The van der Waals surface area contributed by atoms with Crippen molar-refractivity contribution in [1.29, 1.82) is 0 Å². The lowest BCUT2D eigenvalue weighted by molar-refractivity contribution is 0.592. The molecule has 1 aliphatic heterocycles. The Hall–Kier alpha value is -2.22. The molecule has 7 heteroatoms. The monoisotopic (exact) mass is 371 g/mol. The van der Waals surface area contributed by atoms with Gasteiger partial charge in [0.25, 0.3) is 10.0 Å². The zero-order valence-electron chi connectivity index (χ0n) is 13.4. The van der Waals surface area contributed by atoms with Crippen molar-refractivity contribution >= 4 is 27.0 Å². The first-order valence-corrected chi connectivity index (χ1v) is 10.3. The van der Waals surface area contributed by atoms with E-state index in [0.29, 0.717) is 24.4 Å². The molecule has 3 aromatic rings. The fourth-order valence-electron chi connectivity index (χ4n) is 3.04. The lowest BCUT2D eigenvalue weighted by Crippen LogP contribution is -2.29. The Morgan fingerprint density at radius 1 is 1.16 bits per heavy atom. The first-order chi connectivity index (χ1) is 12.1. The van der Waals surface area contributed by atoms with Crippen molar-refractivity contribution in [2.75, 3.05) is 10.8 Å². The third-order valence-corrected chi connectivity index (χ3v) is 6.98. The molecule has 0 aliphatic carbocycles. The molecule has 0 atom stereocenters. The van der Waals surface area contributed by atoms with Gasteiger partial charge in [-0.3, -0.25) is 4.31 Å². The minimum Gasteiger partial charge on any atom is -0.325 e. The van der Waals surface area contributed by atoms with Crippen molar-refractivity contribution < 1.29 is 8.42 Å². The number of aromatic nitrogens is 1. The van der Waals surface area contributed by atoms with E-state index in [4.69, 9.17) is 5.73 Å². The molecule has 0 fully saturated rings. The molecule has 1 aliphatic rings. The summed E-state index contributed by atoms with van der Waals surface area (Å²) in [6, 6.07) is 14.4. The summed E-state index contributed by atoms with van der Waals surface area (Å²) in [5.74, 6) is 0. The van der Waals surface area contributed by atoms with E-state index in [0.717, 1.165) is 27.5 Å². The highest BCUT2D eigenvalue weighted by Crippen LogP contribution is 2.35. The maximum atomic E-state index is 12.9. The lowest BCUT2D eigenvalue weighted by Gasteiger charge is -2.19. The van der Waals surface area contributed by atoms with Crippen LogP contribution >= 0.6 is 11.3 Å². The molecule has 2 N–H and O–H groups in total. The highest BCUT2D eigenvalue weighted by Gasteiger charge is 2.30. The molecule has 25 heavy (non-hydrogen) atoms. The Morgan fingerprint density at radius 2 is 1.96 bits per heavy atom. The molecule has 5 nitrogen and oxygen atoms in total. The van der Waals surface area contributed by atoms with E-state index in [1.54, 1.807) is 24.3 Å². The molecule has 0 spiro atoms. The molecule has 0 saturated heterocycles. The number of hydrogen-bond donors (Lipinski definition) is 1. The zero-order valence-corrected chi connectivity index (χ0v) is 15.1. The lowest BCUT2D eigenvalue weighted by atomic mass is 10.1. The maximum absolute atomic E-state index is 12.9. The van der Waals surface area contributed by atoms with Gasteiger partial charge in [-0.15, -0.1) is 11.3 Å². The fourth-order valence-corrected chi connectivity index (χ4v) is 5.25. The Balaban J connectivity index is 1.70. The highest BCUT2D eigenvalue weighted by atomic mass is 32.2. The Morgan fingerprint density at radius 3 is 2.68 bits per heavy atom. The van der Waals surface area contributed by atoms with Crippen molar-refractivity contribution in [3.8, 4) is 11.3 Å². The van der Waals surface area contributed by atoms with Crippen LogP contribution in [0.25, 0.3) is 11.3 Å². The van der Waals surface area contributed by atoms with Gasteiger partial charge in [0.1, 0.15) is 5.01 Å². The third kappa shape index (κ3) is 2.84. The average molecular weight is 371 g/mol. The SMILES string of the molecule is NCc1nc(-c2ccc3c(c2)CCN3S(=O)(=O)c2ccccc2)cs1. The van der Waals surface area contributed by atoms with Crippen molar-refractivity contribution in [1.82, 2.24) is 4.98 Å². The fraction of sp³-hybridized carbons (Fsp3) is 0.167. The predicted octanol–water partition coefficient (Wildman–Crippen LogP) is 3.02. The van der Waals surface area contributed by atoms with Gasteiger partial charge in [-0.05, 0) is 36.2 Å². The maximum Gasteiger partial charge on any atom is 0.264 e. The van der Waals surface area contributed by atoms with Crippen LogP contribution in [0.3, 0.4) is 0 Å². The topological polar surface area (TPSA) is 76.3 Å². The van der Waals surface area contributed by atoms with E-state index in [9.17, 15) is 8.42 Å². The molecule has 0 unspecified atom stereocenters. The third-order valence-electron chi connectivity index (χ3n) is 4.29. The van der Waals surface area contributed by atoms with Crippen molar-refractivity contribution in [2.45, 2.75) is 17.9 Å². The molecule has 0 radical (unpaired) electrons. The number of nitrogens with two attached hydrogens (primary N) is 1. The normalized spacial score (nSPS) is 13.9. The van der Waals surface area contributed by atoms with E-state index >= 15 is 0 Å². The van der Waals surface area contributed by atoms with E-state index < -0.39 is 10.0 Å². The molecule has 1 aromatic heterocycles. The molecule has 0 bridgehead atoms. The molecule has 2 aromatic carbocycles. The van der Waals surface area contributed by atoms with Gasteiger partial charge >= 0.3 is 0 Å². The molecular formula is C18H17N3O2S2. The van der Waals surface area contributed by atoms with E-state index in [2.05, 4.69) is 4.98 Å². The number of benzene rings is 2. The number of nitrogens with zero attached hydrogens (tertiary/aromatic N) is 2. The largest absolute Gasteiger partial charge is 0.325 e. The summed E-state index contributed by atoms with van der Waals surface area (Å²) in [6.07, 6.45) is 0.698. The summed E-state index contributed by atoms with van der Waals surface area (Å²) in [7, 11) is -3.53. The molecule has 128 valence electrons. The Kier molecular flexibility index (Phi) is 4.07. The van der Waals surface area contributed by atoms with Crippen molar-refractivity contribution in [3.63, 3.8) is 0 Å². The van der Waals surface area contributed by atoms with Gasteiger partial charge in [-0.25, -0.2) is 13.4 Å². The molecular weight excluding hydrogens is 354 g/mol. The van der Waals surface area contributed by atoms with Crippen LogP contribution in [0.4, 0.5) is 5.69 Å². The van der Waals surface area contributed by atoms with E-state index in [1.165, 1.54) is 15.6 Å². The number of sulfonamides is 1.